The molecule has 0 radical (unpaired) electrons. The molecule has 0 saturated heterocycles. The molecule has 0 fully saturated rings. The van der Waals surface area contributed by atoms with Gasteiger partial charge in [0.15, 0.2) is 0 Å². The SMILES string of the molecule is C=CC(C)CCC(CC=C(C)CCCCC)C(C)=CCCC(C)C. The molecule has 0 aliphatic carbocycles. The number of rotatable bonds is 14. The Morgan fingerprint density at radius 1 is 0.958 bits per heavy atom. The lowest BCUT2D eigenvalue weighted by atomic mass is 9.87. The van der Waals surface area contributed by atoms with Crippen LogP contribution in [0.2, 0.25) is 0 Å². The van der Waals surface area contributed by atoms with Crippen LogP contribution in [0, 0.1) is 17.8 Å². The van der Waals surface area contributed by atoms with Gasteiger partial charge >= 0.3 is 0 Å². The second-order valence-corrected chi connectivity index (χ2v) is 8.15. The van der Waals surface area contributed by atoms with Gasteiger partial charge in [-0.15, -0.1) is 6.58 Å². The van der Waals surface area contributed by atoms with Gasteiger partial charge in [-0.1, -0.05) is 69.9 Å². The largest absolute Gasteiger partial charge is 0.103 e. The van der Waals surface area contributed by atoms with E-state index >= 15 is 0 Å². The van der Waals surface area contributed by atoms with Crippen LogP contribution < -0.4 is 0 Å². The molecule has 0 aromatic carbocycles. The zero-order valence-corrected chi connectivity index (χ0v) is 17.5. The van der Waals surface area contributed by atoms with Crippen molar-refractivity contribution in [3.8, 4) is 0 Å². The molecule has 2 unspecified atom stereocenters. The molecule has 2 atom stereocenters. The predicted molar refractivity (Wildman–Crippen MR) is 112 cm³/mol. The highest BCUT2D eigenvalue weighted by molar-refractivity contribution is 5.08. The van der Waals surface area contributed by atoms with Crippen molar-refractivity contribution in [3.05, 3.63) is 36.0 Å². The minimum absolute atomic E-state index is 0.630. The van der Waals surface area contributed by atoms with E-state index in [4.69, 9.17) is 0 Å². The quantitative estimate of drug-likeness (QED) is 0.221. The van der Waals surface area contributed by atoms with Crippen LogP contribution in [0.1, 0.15) is 99.3 Å². The summed E-state index contributed by atoms with van der Waals surface area (Å²) in [5.74, 6) is 2.14. The van der Waals surface area contributed by atoms with E-state index in [0.29, 0.717) is 11.8 Å². The van der Waals surface area contributed by atoms with Gasteiger partial charge in [-0.3, -0.25) is 0 Å². The lowest BCUT2D eigenvalue weighted by Gasteiger charge is -2.19. The molecule has 0 amide bonds. The fourth-order valence-corrected chi connectivity index (χ4v) is 3.02. The summed E-state index contributed by atoms with van der Waals surface area (Å²) in [6.07, 6.45) is 18.7. The van der Waals surface area contributed by atoms with Crippen LogP contribution in [0.3, 0.4) is 0 Å². The Balaban J connectivity index is 4.66. The van der Waals surface area contributed by atoms with Crippen molar-refractivity contribution in [1.82, 2.24) is 0 Å². The van der Waals surface area contributed by atoms with E-state index in [-0.39, 0.29) is 0 Å². The smallest absolute Gasteiger partial charge is 0.0171 e. The van der Waals surface area contributed by atoms with E-state index in [0.717, 1.165) is 5.92 Å². The van der Waals surface area contributed by atoms with Gasteiger partial charge in [-0.2, -0.15) is 0 Å². The number of hydrogen-bond acceptors (Lipinski definition) is 0. The Morgan fingerprint density at radius 3 is 2.25 bits per heavy atom. The van der Waals surface area contributed by atoms with Gasteiger partial charge in [0.25, 0.3) is 0 Å². The van der Waals surface area contributed by atoms with Crippen LogP contribution in [0.15, 0.2) is 36.0 Å². The molecule has 0 aliphatic heterocycles. The van der Waals surface area contributed by atoms with Crippen molar-refractivity contribution in [1.29, 1.82) is 0 Å². The summed E-state index contributed by atoms with van der Waals surface area (Å²) < 4.78 is 0. The van der Waals surface area contributed by atoms with Crippen LogP contribution in [0.5, 0.6) is 0 Å². The summed E-state index contributed by atoms with van der Waals surface area (Å²) in [5.41, 5.74) is 3.18. The van der Waals surface area contributed by atoms with Crippen molar-refractivity contribution in [3.63, 3.8) is 0 Å². The van der Waals surface area contributed by atoms with Gasteiger partial charge in [0.2, 0.25) is 0 Å². The third-order valence-electron chi connectivity index (χ3n) is 5.15. The zero-order chi connectivity index (χ0) is 18.4. The molecular formula is C24H44. The minimum Gasteiger partial charge on any atom is -0.103 e. The second kappa shape index (κ2) is 14.6. The lowest BCUT2D eigenvalue weighted by molar-refractivity contribution is 0.489. The monoisotopic (exact) mass is 332 g/mol. The number of unbranched alkanes of at least 4 members (excludes halogenated alkanes) is 2. The maximum absolute atomic E-state index is 3.94. The lowest BCUT2D eigenvalue weighted by Crippen LogP contribution is -2.04. The maximum atomic E-state index is 3.94. The van der Waals surface area contributed by atoms with Crippen LogP contribution in [-0.2, 0) is 0 Å². The first-order chi connectivity index (χ1) is 11.4. The topological polar surface area (TPSA) is 0 Å². The summed E-state index contributed by atoms with van der Waals surface area (Å²) in [5, 5.41) is 0. The molecule has 0 N–H and O–H groups in total. The van der Waals surface area contributed by atoms with Crippen molar-refractivity contribution >= 4 is 0 Å². The molecule has 140 valence electrons. The summed E-state index contributed by atoms with van der Waals surface area (Å²) >= 11 is 0. The standard InChI is InChI=1S/C24H44/c1-8-10-11-14-22(6)17-19-24(18-16-21(5)9-2)23(7)15-12-13-20(3)4/h9,15,17,20-21,24H,2,8,10-14,16,18-19H2,1,3-7H3. The average Bonchev–Trinajstić information content (AvgIpc) is 2.54. The highest BCUT2D eigenvalue weighted by atomic mass is 14.2. The third-order valence-corrected chi connectivity index (χ3v) is 5.15. The predicted octanol–water partition coefficient (Wildman–Crippen LogP) is 8.50. The summed E-state index contributed by atoms with van der Waals surface area (Å²) in [4.78, 5) is 0. The van der Waals surface area contributed by atoms with Crippen LogP contribution in [-0.4, -0.2) is 0 Å². The highest BCUT2D eigenvalue weighted by Gasteiger charge is 2.11. The van der Waals surface area contributed by atoms with Crippen molar-refractivity contribution in [2.75, 3.05) is 0 Å². The number of allylic oxidation sites excluding steroid dienone is 5. The zero-order valence-electron chi connectivity index (χ0n) is 17.5. The Labute approximate surface area is 153 Å². The van der Waals surface area contributed by atoms with E-state index in [1.807, 2.05) is 0 Å². The Bertz CT molecular complexity index is 369. The fraction of sp³-hybridized carbons (Fsp3) is 0.750. The van der Waals surface area contributed by atoms with Gasteiger partial charge < -0.3 is 0 Å². The van der Waals surface area contributed by atoms with Crippen molar-refractivity contribution < 1.29 is 0 Å². The van der Waals surface area contributed by atoms with Crippen LogP contribution in [0.25, 0.3) is 0 Å². The van der Waals surface area contributed by atoms with Gasteiger partial charge in [0.1, 0.15) is 0 Å². The first-order valence-electron chi connectivity index (χ1n) is 10.3. The van der Waals surface area contributed by atoms with E-state index in [9.17, 15) is 0 Å². The minimum atomic E-state index is 0.630. The van der Waals surface area contributed by atoms with Gasteiger partial charge in [-0.25, -0.2) is 0 Å². The molecule has 24 heavy (non-hydrogen) atoms. The molecule has 0 saturated carbocycles. The van der Waals surface area contributed by atoms with Crippen molar-refractivity contribution in [2.45, 2.75) is 99.3 Å². The average molecular weight is 333 g/mol. The van der Waals surface area contributed by atoms with Crippen LogP contribution >= 0.6 is 0 Å². The molecule has 0 aromatic rings. The molecule has 0 rings (SSSR count). The summed E-state index contributed by atoms with van der Waals surface area (Å²) in [6, 6.07) is 0. The summed E-state index contributed by atoms with van der Waals surface area (Å²) in [7, 11) is 0. The van der Waals surface area contributed by atoms with Crippen molar-refractivity contribution in [2.24, 2.45) is 17.8 Å². The van der Waals surface area contributed by atoms with Crippen LogP contribution in [0.4, 0.5) is 0 Å². The molecule has 0 nitrogen and oxygen atoms in total. The molecule has 0 aliphatic rings. The first-order valence-corrected chi connectivity index (χ1v) is 10.3. The van der Waals surface area contributed by atoms with E-state index in [2.05, 4.69) is 66.3 Å². The Kier molecular flexibility index (Phi) is 14.1. The summed E-state index contributed by atoms with van der Waals surface area (Å²) in [6.45, 7) is 17.8. The molecule has 0 bridgehead atoms. The molecule has 0 aromatic heterocycles. The molecule has 0 spiro atoms. The Hall–Kier alpha value is -0.780. The maximum Gasteiger partial charge on any atom is -0.0171 e. The fourth-order valence-electron chi connectivity index (χ4n) is 3.02. The Morgan fingerprint density at radius 2 is 1.67 bits per heavy atom. The van der Waals surface area contributed by atoms with E-state index in [1.165, 1.54) is 57.8 Å². The first kappa shape index (κ1) is 23.2. The van der Waals surface area contributed by atoms with E-state index in [1.54, 1.807) is 11.1 Å². The van der Waals surface area contributed by atoms with Gasteiger partial charge in [0.05, 0.1) is 0 Å². The molecule has 0 heterocycles. The molecule has 0 heteroatoms. The van der Waals surface area contributed by atoms with Gasteiger partial charge in [-0.05, 0) is 76.5 Å². The third kappa shape index (κ3) is 12.6. The normalized spacial score (nSPS) is 15.6. The van der Waals surface area contributed by atoms with E-state index < -0.39 is 0 Å². The van der Waals surface area contributed by atoms with Gasteiger partial charge in [0, 0.05) is 0 Å². The second-order valence-electron chi connectivity index (χ2n) is 8.15. The highest BCUT2D eigenvalue weighted by Crippen LogP contribution is 2.26. The number of hydrogen-bond donors (Lipinski definition) is 0. The molecular weight excluding hydrogens is 288 g/mol.